The average molecular weight is 169 g/mol. The molecule has 2 rings (SSSR count). The number of ether oxygens (including phenoxy) is 1. The van der Waals surface area contributed by atoms with Gasteiger partial charge in [-0.3, -0.25) is 5.10 Å². The van der Waals surface area contributed by atoms with Gasteiger partial charge in [-0.15, -0.1) is 5.10 Å². The molecule has 0 spiro atoms. The minimum atomic E-state index is 0.101. The topological polar surface area (TPSA) is 88.8 Å². The lowest BCUT2D eigenvalue weighted by Gasteiger charge is -2.21. The summed E-state index contributed by atoms with van der Waals surface area (Å²) in [5, 5.41) is 9.72. The Morgan fingerprint density at radius 3 is 3.08 bits per heavy atom. The number of nitrogen functional groups attached to an aromatic ring is 1. The van der Waals surface area contributed by atoms with E-state index < -0.39 is 0 Å². The Morgan fingerprint density at radius 1 is 1.58 bits per heavy atom. The normalized spacial score (nSPS) is 24.2. The number of hydrogen-bond donors (Lipinski definition) is 3. The number of hydrogen-bond acceptors (Lipinski definition) is 5. The van der Waals surface area contributed by atoms with Crippen LogP contribution in [0.15, 0.2) is 0 Å². The second-order valence-electron chi connectivity index (χ2n) is 2.66. The number of H-pyrrole nitrogens is 1. The molecule has 1 aliphatic heterocycles. The predicted octanol–water partition coefficient (Wildman–Crippen LogP) is -0.952. The summed E-state index contributed by atoms with van der Waals surface area (Å²) in [5.74, 6) is 1.02. The van der Waals surface area contributed by atoms with Crippen LogP contribution in [0.5, 0.6) is 0 Å². The second-order valence-corrected chi connectivity index (χ2v) is 2.66. The van der Waals surface area contributed by atoms with Crippen LogP contribution in [0.1, 0.15) is 11.9 Å². The maximum atomic E-state index is 5.36. The van der Waals surface area contributed by atoms with Crippen molar-refractivity contribution in [1.29, 1.82) is 0 Å². The van der Waals surface area contributed by atoms with Crippen molar-refractivity contribution in [3.05, 3.63) is 5.82 Å². The maximum absolute atomic E-state index is 5.36. The number of nitrogens with two attached hydrogens (primary N) is 1. The van der Waals surface area contributed by atoms with Crippen LogP contribution in [0, 0.1) is 0 Å². The van der Waals surface area contributed by atoms with E-state index in [1.807, 2.05) is 0 Å². The first-order valence-electron chi connectivity index (χ1n) is 3.85. The van der Waals surface area contributed by atoms with Gasteiger partial charge in [0.1, 0.15) is 5.82 Å². The molecule has 1 aliphatic rings. The maximum Gasteiger partial charge on any atom is 0.239 e. The van der Waals surface area contributed by atoms with Gasteiger partial charge in [-0.25, -0.2) is 0 Å². The summed E-state index contributed by atoms with van der Waals surface area (Å²) in [6.45, 7) is 2.21. The first-order chi connectivity index (χ1) is 5.86. The van der Waals surface area contributed by atoms with E-state index in [1.54, 1.807) is 0 Å². The first-order valence-corrected chi connectivity index (χ1v) is 3.85. The van der Waals surface area contributed by atoms with E-state index in [9.17, 15) is 0 Å². The van der Waals surface area contributed by atoms with Crippen molar-refractivity contribution >= 4 is 5.95 Å². The zero-order valence-electron chi connectivity index (χ0n) is 6.58. The third-order valence-electron chi connectivity index (χ3n) is 1.77. The molecular formula is C6H11N5O. The molecule has 0 bridgehead atoms. The van der Waals surface area contributed by atoms with Crippen LogP contribution >= 0.6 is 0 Å². The Morgan fingerprint density at radius 2 is 2.50 bits per heavy atom. The summed E-state index contributed by atoms with van der Waals surface area (Å²) in [6.07, 6.45) is 0. The van der Waals surface area contributed by atoms with Crippen LogP contribution in [-0.4, -0.2) is 34.9 Å². The quantitative estimate of drug-likeness (QED) is 0.504. The zero-order valence-corrected chi connectivity index (χ0v) is 6.58. The lowest BCUT2D eigenvalue weighted by Crippen LogP contribution is -2.35. The Hall–Kier alpha value is -1.14. The Labute approximate surface area is 69.5 Å². The summed E-state index contributed by atoms with van der Waals surface area (Å²) >= 11 is 0. The van der Waals surface area contributed by atoms with E-state index >= 15 is 0 Å². The van der Waals surface area contributed by atoms with Crippen molar-refractivity contribution in [3.63, 3.8) is 0 Å². The van der Waals surface area contributed by atoms with E-state index in [0.29, 0.717) is 6.61 Å². The molecule has 1 fully saturated rings. The number of anilines is 1. The molecule has 1 unspecified atom stereocenters. The van der Waals surface area contributed by atoms with Crippen molar-refractivity contribution < 1.29 is 4.74 Å². The van der Waals surface area contributed by atoms with Gasteiger partial charge in [-0.1, -0.05) is 0 Å². The molecule has 0 amide bonds. The van der Waals surface area contributed by atoms with Gasteiger partial charge in [0.15, 0.2) is 0 Å². The molecule has 1 aromatic rings. The lowest BCUT2D eigenvalue weighted by atomic mass is 10.3. The molecule has 12 heavy (non-hydrogen) atoms. The molecule has 6 nitrogen and oxygen atoms in total. The number of aromatic nitrogens is 3. The first kappa shape index (κ1) is 7.51. The SMILES string of the molecule is Nc1n[nH]c(C2COCCN2)n1. The van der Waals surface area contributed by atoms with Crippen molar-refractivity contribution in [1.82, 2.24) is 20.5 Å². The molecule has 6 heteroatoms. The minimum absolute atomic E-state index is 0.101. The Bertz CT molecular complexity index is 254. The van der Waals surface area contributed by atoms with Crippen LogP contribution < -0.4 is 11.1 Å². The minimum Gasteiger partial charge on any atom is -0.378 e. The molecule has 2 heterocycles. The highest BCUT2D eigenvalue weighted by atomic mass is 16.5. The standard InChI is InChI=1S/C6H11N5O/c7-6-9-5(10-11-6)4-3-12-2-1-8-4/h4,8H,1-3H2,(H3,7,9,10,11). The fourth-order valence-electron chi connectivity index (χ4n) is 1.18. The largest absolute Gasteiger partial charge is 0.378 e. The lowest BCUT2D eigenvalue weighted by molar-refractivity contribution is 0.0743. The molecule has 66 valence electrons. The van der Waals surface area contributed by atoms with Gasteiger partial charge >= 0.3 is 0 Å². The highest BCUT2D eigenvalue weighted by Gasteiger charge is 2.18. The van der Waals surface area contributed by atoms with Crippen molar-refractivity contribution in [2.24, 2.45) is 0 Å². The number of nitrogens with one attached hydrogen (secondary N) is 2. The van der Waals surface area contributed by atoms with Crippen molar-refractivity contribution in [2.75, 3.05) is 25.5 Å². The summed E-state index contributed by atoms with van der Waals surface area (Å²) in [7, 11) is 0. The Balaban J connectivity index is 2.08. The molecule has 1 aromatic heterocycles. The molecular weight excluding hydrogens is 158 g/mol. The molecule has 0 saturated carbocycles. The van der Waals surface area contributed by atoms with Gasteiger partial charge in [-0.2, -0.15) is 4.98 Å². The number of rotatable bonds is 1. The van der Waals surface area contributed by atoms with Gasteiger partial charge in [0.25, 0.3) is 0 Å². The highest BCUT2D eigenvalue weighted by Crippen LogP contribution is 2.10. The number of nitrogens with zero attached hydrogens (tertiary/aromatic N) is 2. The fourth-order valence-corrected chi connectivity index (χ4v) is 1.18. The molecule has 4 N–H and O–H groups in total. The third-order valence-corrected chi connectivity index (χ3v) is 1.77. The highest BCUT2D eigenvalue weighted by molar-refractivity contribution is 5.14. The van der Waals surface area contributed by atoms with Gasteiger partial charge < -0.3 is 15.8 Å². The van der Waals surface area contributed by atoms with Gasteiger partial charge in [0.05, 0.1) is 19.3 Å². The smallest absolute Gasteiger partial charge is 0.239 e. The van der Waals surface area contributed by atoms with Crippen LogP contribution in [0.2, 0.25) is 0 Å². The predicted molar refractivity (Wildman–Crippen MR) is 42.4 cm³/mol. The van der Waals surface area contributed by atoms with E-state index in [2.05, 4.69) is 20.5 Å². The molecule has 0 aliphatic carbocycles. The van der Waals surface area contributed by atoms with Crippen molar-refractivity contribution in [2.45, 2.75) is 6.04 Å². The van der Waals surface area contributed by atoms with Crippen LogP contribution in [0.3, 0.4) is 0 Å². The Kier molecular flexibility index (Phi) is 1.92. The third kappa shape index (κ3) is 1.39. The molecule has 1 atom stereocenters. The van der Waals surface area contributed by atoms with Gasteiger partial charge in [-0.05, 0) is 0 Å². The molecule has 0 aromatic carbocycles. The van der Waals surface area contributed by atoms with Gasteiger partial charge in [0.2, 0.25) is 5.95 Å². The molecule has 0 radical (unpaired) electrons. The monoisotopic (exact) mass is 169 g/mol. The summed E-state index contributed by atoms with van der Waals surface area (Å²) in [4.78, 5) is 4.00. The van der Waals surface area contributed by atoms with Crippen LogP contribution in [0.25, 0.3) is 0 Å². The summed E-state index contributed by atoms with van der Waals surface area (Å²) < 4.78 is 5.25. The molecule has 1 saturated heterocycles. The second kappa shape index (κ2) is 3.08. The number of morpholine rings is 1. The van der Waals surface area contributed by atoms with E-state index in [0.717, 1.165) is 19.0 Å². The summed E-state index contributed by atoms with van der Waals surface area (Å²) in [5.41, 5.74) is 5.36. The van der Waals surface area contributed by atoms with Crippen molar-refractivity contribution in [3.8, 4) is 0 Å². The average Bonchev–Trinajstić information content (AvgIpc) is 2.54. The zero-order chi connectivity index (χ0) is 8.39. The van der Waals surface area contributed by atoms with E-state index in [-0.39, 0.29) is 12.0 Å². The van der Waals surface area contributed by atoms with Crippen LogP contribution in [-0.2, 0) is 4.74 Å². The van der Waals surface area contributed by atoms with Crippen LogP contribution in [0.4, 0.5) is 5.95 Å². The van der Waals surface area contributed by atoms with Gasteiger partial charge in [0, 0.05) is 6.54 Å². The fraction of sp³-hybridized carbons (Fsp3) is 0.667. The number of aromatic amines is 1. The van der Waals surface area contributed by atoms with E-state index in [1.165, 1.54) is 0 Å². The van der Waals surface area contributed by atoms with E-state index in [4.69, 9.17) is 10.5 Å². The summed E-state index contributed by atoms with van der Waals surface area (Å²) in [6, 6.07) is 0.101.